The summed E-state index contributed by atoms with van der Waals surface area (Å²) >= 11 is 0. The third-order valence-electron chi connectivity index (χ3n) is 4.95. The highest BCUT2D eigenvalue weighted by Gasteiger charge is 2.28. The van der Waals surface area contributed by atoms with Crippen molar-refractivity contribution in [2.45, 2.75) is 18.9 Å². The summed E-state index contributed by atoms with van der Waals surface area (Å²) in [4.78, 5) is 25.3. The Morgan fingerprint density at radius 1 is 1.24 bits per heavy atom. The summed E-state index contributed by atoms with van der Waals surface area (Å²) in [6, 6.07) is 7.24. The number of anilines is 1. The van der Waals surface area contributed by atoms with Gasteiger partial charge in [-0.1, -0.05) is 0 Å². The molecule has 0 bridgehead atoms. The highest BCUT2D eigenvalue weighted by atomic mass is 16.5. The lowest BCUT2D eigenvalue weighted by atomic mass is 10.1. The summed E-state index contributed by atoms with van der Waals surface area (Å²) in [5.41, 5.74) is 0.661. The molecule has 4 rings (SSSR count). The first-order valence-electron chi connectivity index (χ1n) is 9.57. The first kappa shape index (κ1) is 19.0. The fourth-order valence-corrected chi connectivity index (χ4v) is 3.49. The number of nitrogens with zero attached hydrogens (tertiary/aromatic N) is 4. The van der Waals surface area contributed by atoms with Crippen molar-refractivity contribution in [3.05, 3.63) is 42.4 Å². The van der Waals surface area contributed by atoms with Crippen molar-refractivity contribution in [2.24, 2.45) is 0 Å². The predicted molar refractivity (Wildman–Crippen MR) is 109 cm³/mol. The molecule has 0 saturated carbocycles. The Kier molecular flexibility index (Phi) is 5.24. The third-order valence-corrected chi connectivity index (χ3v) is 4.95. The maximum atomic E-state index is 13.0. The summed E-state index contributed by atoms with van der Waals surface area (Å²) in [5, 5.41) is 0.840. The Bertz CT molecular complexity index is 1020. The average molecular weight is 396 g/mol. The number of hydrogen-bond donors (Lipinski definition) is 0. The normalized spacial score (nSPS) is 16.7. The molecule has 29 heavy (non-hydrogen) atoms. The van der Waals surface area contributed by atoms with Gasteiger partial charge < -0.3 is 23.7 Å². The monoisotopic (exact) mass is 396 g/mol. The van der Waals surface area contributed by atoms with E-state index in [-0.39, 0.29) is 12.0 Å². The van der Waals surface area contributed by atoms with Gasteiger partial charge in [-0.05, 0) is 37.1 Å². The number of rotatable bonds is 5. The number of likely N-dealkylation sites (tertiary alicyclic amines) is 1. The van der Waals surface area contributed by atoms with E-state index in [2.05, 4.69) is 9.97 Å². The lowest BCUT2D eigenvalue weighted by Crippen LogP contribution is -2.44. The molecule has 2 aromatic heterocycles. The number of furan rings is 1. The first-order chi connectivity index (χ1) is 14.0. The molecule has 152 valence electrons. The number of methoxy groups -OCH3 is 1. The van der Waals surface area contributed by atoms with Crippen LogP contribution in [0.15, 0.2) is 41.1 Å². The standard InChI is InChI=1S/C21H24N4O4/c1-24(2)19-20(23-9-8-22-19)28-16-5-4-10-25(13-16)21(26)18-12-14-11-15(27-3)6-7-17(14)29-18/h6-9,11-12,16H,4-5,10,13H2,1-3H3. The second-order valence-corrected chi connectivity index (χ2v) is 7.23. The fourth-order valence-electron chi connectivity index (χ4n) is 3.49. The quantitative estimate of drug-likeness (QED) is 0.656. The van der Waals surface area contributed by atoms with Crippen LogP contribution in [0.5, 0.6) is 11.6 Å². The maximum Gasteiger partial charge on any atom is 0.289 e. The second-order valence-electron chi connectivity index (χ2n) is 7.23. The lowest BCUT2D eigenvalue weighted by Gasteiger charge is -2.32. The van der Waals surface area contributed by atoms with Crippen LogP contribution in [0.25, 0.3) is 11.0 Å². The number of ether oxygens (including phenoxy) is 2. The van der Waals surface area contributed by atoms with E-state index in [1.165, 1.54) is 0 Å². The number of hydrogen-bond acceptors (Lipinski definition) is 7. The number of piperidine rings is 1. The van der Waals surface area contributed by atoms with Gasteiger partial charge in [0, 0.05) is 38.4 Å². The van der Waals surface area contributed by atoms with Crippen LogP contribution in [0.3, 0.4) is 0 Å². The van der Waals surface area contributed by atoms with E-state index < -0.39 is 0 Å². The van der Waals surface area contributed by atoms with E-state index in [0.29, 0.717) is 36.1 Å². The molecular weight excluding hydrogens is 372 g/mol. The number of aromatic nitrogens is 2. The minimum Gasteiger partial charge on any atom is -0.497 e. The first-order valence-corrected chi connectivity index (χ1v) is 9.57. The molecule has 8 heteroatoms. The van der Waals surface area contributed by atoms with E-state index in [1.807, 2.05) is 37.2 Å². The second kappa shape index (κ2) is 7.98. The lowest BCUT2D eigenvalue weighted by molar-refractivity contribution is 0.0503. The highest BCUT2D eigenvalue weighted by Crippen LogP contribution is 2.27. The summed E-state index contributed by atoms with van der Waals surface area (Å²) in [5.74, 6) is 2.06. The Balaban J connectivity index is 1.49. The van der Waals surface area contributed by atoms with Gasteiger partial charge in [0.05, 0.1) is 13.7 Å². The van der Waals surface area contributed by atoms with Gasteiger partial charge in [0.2, 0.25) is 0 Å². The van der Waals surface area contributed by atoms with Crippen molar-refractivity contribution in [3.8, 4) is 11.6 Å². The van der Waals surface area contributed by atoms with Crippen molar-refractivity contribution in [3.63, 3.8) is 0 Å². The van der Waals surface area contributed by atoms with E-state index >= 15 is 0 Å². The van der Waals surface area contributed by atoms with Crippen molar-refractivity contribution in [1.82, 2.24) is 14.9 Å². The van der Waals surface area contributed by atoms with Crippen LogP contribution in [0.2, 0.25) is 0 Å². The molecule has 1 atom stereocenters. The molecule has 0 spiro atoms. The zero-order valence-electron chi connectivity index (χ0n) is 16.8. The van der Waals surface area contributed by atoms with E-state index in [4.69, 9.17) is 13.9 Å². The molecule has 0 aliphatic carbocycles. The fraction of sp³-hybridized carbons (Fsp3) is 0.381. The molecule has 1 saturated heterocycles. The molecule has 1 unspecified atom stereocenters. The maximum absolute atomic E-state index is 13.0. The summed E-state index contributed by atoms with van der Waals surface area (Å²) in [6.07, 6.45) is 4.80. The van der Waals surface area contributed by atoms with Gasteiger partial charge in [-0.2, -0.15) is 0 Å². The molecule has 8 nitrogen and oxygen atoms in total. The molecule has 1 aliphatic rings. The van der Waals surface area contributed by atoms with Crippen LogP contribution in [-0.2, 0) is 0 Å². The highest BCUT2D eigenvalue weighted by molar-refractivity contribution is 5.96. The predicted octanol–water partition coefficient (Wildman–Crippen LogP) is 2.98. The number of carbonyl (C=O) groups excluding carboxylic acids is 1. The Morgan fingerprint density at radius 2 is 2.07 bits per heavy atom. The summed E-state index contributed by atoms with van der Waals surface area (Å²) in [7, 11) is 5.40. The van der Waals surface area contributed by atoms with Crippen LogP contribution in [0, 0.1) is 0 Å². The molecule has 1 aliphatic heterocycles. The zero-order valence-corrected chi connectivity index (χ0v) is 16.8. The smallest absolute Gasteiger partial charge is 0.289 e. The largest absolute Gasteiger partial charge is 0.497 e. The van der Waals surface area contributed by atoms with Gasteiger partial charge in [0.25, 0.3) is 11.8 Å². The zero-order chi connectivity index (χ0) is 20.4. The molecule has 0 radical (unpaired) electrons. The van der Waals surface area contributed by atoms with E-state index in [0.717, 1.165) is 24.0 Å². The van der Waals surface area contributed by atoms with Crippen molar-refractivity contribution in [1.29, 1.82) is 0 Å². The van der Waals surface area contributed by atoms with Gasteiger partial charge in [0.15, 0.2) is 11.6 Å². The molecule has 0 N–H and O–H groups in total. The third kappa shape index (κ3) is 3.96. The van der Waals surface area contributed by atoms with Gasteiger partial charge >= 0.3 is 0 Å². The Morgan fingerprint density at radius 3 is 2.86 bits per heavy atom. The van der Waals surface area contributed by atoms with Gasteiger partial charge in [-0.3, -0.25) is 4.79 Å². The molecule has 1 fully saturated rings. The summed E-state index contributed by atoms with van der Waals surface area (Å²) in [6.45, 7) is 1.14. The minimum absolute atomic E-state index is 0.138. The van der Waals surface area contributed by atoms with Crippen molar-refractivity contribution in [2.75, 3.05) is 39.2 Å². The van der Waals surface area contributed by atoms with Crippen molar-refractivity contribution < 1.29 is 18.7 Å². The van der Waals surface area contributed by atoms with Crippen molar-refractivity contribution >= 4 is 22.7 Å². The van der Waals surface area contributed by atoms with Crippen LogP contribution < -0.4 is 14.4 Å². The SMILES string of the molecule is COc1ccc2oc(C(=O)N3CCCC(Oc4nccnc4N(C)C)C3)cc2c1. The molecule has 3 aromatic rings. The number of benzene rings is 1. The van der Waals surface area contributed by atoms with Crippen LogP contribution >= 0.6 is 0 Å². The number of carbonyl (C=O) groups is 1. The molecular formula is C21H24N4O4. The Labute approximate surface area is 169 Å². The Hall–Kier alpha value is -3.29. The van der Waals surface area contributed by atoms with E-state index in [9.17, 15) is 4.79 Å². The van der Waals surface area contributed by atoms with Gasteiger partial charge in [-0.15, -0.1) is 0 Å². The van der Waals surface area contributed by atoms with Gasteiger partial charge in [-0.25, -0.2) is 9.97 Å². The van der Waals surface area contributed by atoms with Crippen LogP contribution in [0.1, 0.15) is 23.4 Å². The van der Waals surface area contributed by atoms with E-state index in [1.54, 1.807) is 30.5 Å². The topological polar surface area (TPSA) is 80.9 Å². The number of amides is 1. The minimum atomic E-state index is -0.146. The molecule has 1 aromatic carbocycles. The summed E-state index contributed by atoms with van der Waals surface area (Å²) < 4.78 is 17.1. The average Bonchev–Trinajstić information content (AvgIpc) is 3.17. The van der Waals surface area contributed by atoms with Crippen LogP contribution in [0.4, 0.5) is 5.82 Å². The van der Waals surface area contributed by atoms with Crippen LogP contribution in [-0.4, -0.2) is 61.2 Å². The number of fused-ring (bicyclic) bond motifs is 1. The molecule has 3 heterocycles. The molecule has 1 amide bonds. The van der Waals surface area contributed by atoms with Gasteiger partial charge in [0.1, 0.15) is 17.4 Å².